The van der Waals surface area contributed by atoms with Crippen molar-refractivity contribution in [2.24, 2.45) is 5.73 Å². The first-order valence-electron chi connectivity index (χ1n) is 6.91. The van der Waals surface area contributed by atoms with Crippen LogP contribution in [0.2, 0.25) is 0 Å². The molecule has 0 spiro atoms. The minimum atomic E-state index is 0.549. The first kappa shape index (κ1) is 15.4. The van der Waals surface area contributed by atoms with Crippen LogP contribution in [0.5, 0.6) is 5.75 Å². The lowest BCUT2D eigenvalue weighted by atomic mass is 10.2. The van der Waals surface area contributed by atoms with Gasteiger partial charge in [0.25, 0.3) is 0 Å². The molecule has 0 radical (unpaired) electrons. The van der Waals surface area contributed by atoms with E-state index in [1.807, 2.05) is 17.8 Å². The van der Waals surface area contributed by atoms with E-state index in [9.17, 15) is 0 Å². The minimum Gasteiger partial charge on any atom is -0.493 e. The van der Waals surface area contributed by atoms with E-state index in [1.165, 1.54) is 24.2 Å². The highest BCUT2D eigenvalue weighted by molar-refractivity contribution is 7.99. The molecule has 0 bridgehead atoms. The first-order chi connectivity index (χ1) is 8.83. The maximum absolute atomic E-state index is 5.87. The van der Waals surface area contributed by atoms with Gasteiger partial charge in [-0.25, -0.2) is 0 Å². The van der Waals surface area contributed by atoms with E-state index >= 15 is 0 Å². The summed E-state index contributed by atoms with van der Waals surface area (Å²) in [7, 11) is 0. The fourth-order valence-electron chi connectivity index (χ4n) is 1.88. The predicted molar refractivity (Wildman–Crippen MR) is 80.4 cm³/mol. The Balaban J connectivity index is 2.55. The average Bonchev–Trinajstić information content (AvgIpc) is 2.39. The van der Waals surface area contributed by atoms with Crippen LogP contribution in [0.4, 0.5) is 0 Å². The Labute approximate surface area is 115 Å². The third-order valence-electron chi connectivity index (χ3n) is 2.85. The van der Waals surface area contributed by atoms with Crippen molar-refractivity contribution in [3.8, 4) is 5.75 Å². The van der Waals surface area contributed by atoms with E-state index < -0.39 is 0 Å². The van der Waals surface area contributed by atoms with Gasteiger partial charge in [0, 0.05) is 17.0 Å². The number of thioether (sulfide) groups is 1. The van der Waals surface area contributed by atoms with Crippen LogP contribution in [0.3, 0.4) is 0 Å². The van der Waals surface area contributed by atoms with Gasteiger partial charge < -0.3 is 10.5 Å². The van der Waals surface area contributed by atoms with E-state index in [1.54, 1.807) is 0 Å². The summed E-state index contributed by atoms with van der Waals surface area (Å²) in [5.74, 6) is 2.03. The zero-order chi connectivity index (χ0) is 13.2. The Morgan fingerprint density at radius 2 is 2.00 bits per heavy atom. The van der Waals surface area contributed by atoms with Gasteiger partial charge in [0.2, 0.25) is 0 Å². The van der Waals surface area contributed by atoms with E-state index in [0.29, 0.717) is 6.54 Å². The quantitative estimate of drug-likeness (QED) is 0.537. The number of rotatable bonds is 9. The smallest absolute Gasteiger partial charge is 0.124 e. The molecule has 0 aliphatic rings. The summed E-state index contributed by atoms with van der Waals surface area (Å²) in [6, 6.07) is 6.21. The van der Waals surface area contributed by atoms with Gasteiger partial charge in [0.05, 0.1) is 6.61 Å². The maximum Gasteiger partial charge on any atom is 0.124 e. The standard InChI is InChI=1S/C15H25NOS/c1-3-5-6-7-11-17-14-9-8-10-15(18-4-2)13(14)12-16/h8-10H,3-7,11-12,16H2,1-2H3. The van der Waals surface area contributed by atoms with Gasteiger partial charge in [-0.15, -0.1) is 11.8 Å². The summed E-state index contributed by atoms with van der Waals surface area (Å²) in [6.07, 6.45) is 4.93. The minimum absolute atomic E-state index is 0.549. The molecular formula is C15H25NOS. The van der Waals surface area contributed by atoms with E-state index in [4.69, 9.17) is 10.5 Å². The van der Waals surface area contributed by atoms with Gasteiger partial charge in [-0.2, -0.15) is 0 Å². The molecule has 102 valence electrons. The molecule has 0 saturated carbocycles. The molecule has 18 heavy (non-hydrogen) atoms. The Kier molecular flexibility index (Phi) is 7.94. The maximum atomic E-state index is 5.87. The zero-order valence-corrected chi connectivity index (χ0v) is 12.4. The van der Waals surface area contributed by atoms with E-state index in [-0.39, 0.29) is 0 Å². The van der Waals surface area contributed by atoms with Crippen LogP contribution in [0.1, 0.15) is 45.1 Å². The van der Waals surface area contributed by atoms with Crippen LogP contribution in [-0.4, -0.2) is 12.4 Å². The third-order valence-corrected chi connectivity index (χ3v) is 3.83. The molecule has 0 unspecified atom stereocenters. The molecule has 2 nitrogen and oxygen atoms in total. The van der Waals surface area contributed by atoms with Crippen LogP contribution < -0.4 is 10.5 Å². The van der Waals surface area contributed by atoms with Gasteiger partial charge in [-0.1, -0.05) is 39.2 Å². The average molecular weight is 267 g/mol. The van der Waals surface area contributed by atoms with Crippen molar-refractivity contribution in [1.29, 1.82) is 0 Å². The van der Waals surface area contributed by atoms with Crippen LogP contribution >= 0.6 is 11.8 Å². The SMILES string of the molecule is CCCCCCOc1cccc(SCC)c1CN. The molecular weight excluding hydrogens is 242 g/mol. The van der Waals surface area contributed by atoms with Crippen molar-refractivity contribution >= 4 is 11.8 Å². The van der Waals surface area contributed by atoms with Crippen molar-refractivity contribution in [3.05, 3.63) is 23.8 Å². The number of nitrogens with two attached hydrogens (primary N) is 1. The van der Waals surface area contributed by atoms with E-state index in [2.05, 4.69) is 26.0 Å². The molecule has 1 aromatic rings. The van der Waals surface area contributed by atoms with Crippen LogP contribution in [-0.2, 0) is 6.54 Å². The van der Waals surface area contributed by atoms with Crippen LogP contribution in [0.25, 0.3) is 0 Å². The van der Waals surface area contributed by atoms with E-state index in [0.717, 1.165) is 30.1 Å². The lowest BCUT2D eigenvalue weighted by Gasteiger charge is -2.13. The molecule has 2 N–H and O–H groups in total. The highest BCUT2D eigenvalue weighted by Crippen LogP contribution is 2.29. The Hall–Kier alpha value is -0.670. The zero-order valence-electron chi connectivity index (χ0n) is 11.6. The summed E-state index contributed by atoms with van der Waals surface area (Å²) in [5.41, 5.74) is 6.99. The van der Waals surface area contributed by atoms with Crippen molar-refractivity contribution < 1.29 is 4.74 Å². The lowest BCUT2D eigenvalue weighted by Crippen LogP contribution is -2.05. The Bertz CT molecular complexity index is 341. The molecule has 0 fully saturated rings. The largest absolute Gasteiger partial charge is 0.493 e. The van der Waals surface area contributed by atoms with Crippen LogP contribution in [0.15, 0.2) is 23.1 Å². The highest BCUT2D eigenvalue weighted by atomic mass is 32.2. The van der Waals surface area contributed by atoms with Gasteiger partial charge >= 0.3 is 0 Å². The van der Waals surface area contributed by atoms with Crippen molar-refractivity contribution in [1.82, 2.24) is 0 Å². The fraction of sp³-hybridized carbons (Fsp3) is 0.600. The molecule has 1 rings (SSSR count). The molecule has 0 aromatic heterocycles. The second kappa shape index (κ2) is 9.29. The normalized spacial score (nSPS) is 10.6. The molecule has 0 aliphatic heterocycles. The Morgan fingerprint density at radius 1 is 1.17 bits per heavy atom. The number of unbranched alkanes of at least 4 members (excludes halogenated alkanes) is 3. The summed E-state index contributed by atoms with van der Waals surface area (Å²) < 4.78 is 5.87. The number of hydrogen-bond donors (Lipinski definition) is 1. The number of ether oxygens (including phenoxy) is 1. The van der Waals surface area contributed by atoms with Crippen molar-refractivity contribution in [2.45, 2.75) is 51.0 Å². The molecule has 0 saturated heterocycles. The monoisotopic (exact) mass is 267 g/mol. The van der Waals surface area contributed by atoms with Crippen molar-refractivity contribution in [2.75, 3.05) is 12.4 Å². The molecule has 0 aliphatic carbocycles. The van der Waals surface area contributed by atoms with Crippen molar-refractivity contribution in [3.63, 3.8) is 0 Å². The summed E-state index contributed by atoms with van der Waals surface area (Å²) >= 11 is 1.83. The van der Waals surface area contributed by atoms with Gasteiger partial charge in [-0.3, -0.25) is 0 Å². The van der Waals surface area contributed by atoms with Gasteiger partial charge in [-0.05, 0) is 24.3 Å². The number of hydrogen-bond acceptors (Lipinski definition) is 3. The van der Waals surface area contributed by atoms with Gasteiger partial charge in [0.15, 0.2) is 0 Å². The fourth-order valence-corrected chi connectivity index (χ4v) is 2.73. The molecule has 0 heterocycles. The third kappa shape index (κ3) is 4.91. The first-order valence-corrected chi connectivity index (χ1v) is 7.89. The molecule has 3 heteroatoms. The number of benzene rings is 1. The lowest BCUT2D eigenvalue weighted by molar-refractivity contribution is 0.301. The predicted octanol–water partition coefficient (Wildman–Crippen LogP) is 4.22. The molecule has 0 amide bonds. The highest BCUT2D eigenvalue weighted by Gasteiger charge is 2.07. The van der Waals surface area contributed by atoms with Crippen LogP contribution in [0, 0.1) is 0 Å². The van der Waals surface area contributed by atoms with Gasteiger partial charge in [0.1, 0.15) is 5.75 Å². The molecule has 1 aromatic carbocycles. The topological polar surface area (TPSA) is 35.2 Å². The molecule has 0 atom stereocenters. The summed E-state index contributed by atoms with van der Waals surface area (Å²) in [6.45, 7) is 5.72. The summed E-state index contributed by atoms with van der Waals surface area (Å²) in [4.78, 5) is 1.26. The second-order valence-electron chi connectivity index (χ2n) is 4.28. The Morgan fingerprint density at radius 3 is 2.67 bits per heavy atom. The second-order valence-corrected chi connectivity index (χ2v) is 5.58. The summed E-state index contributed by atoms with van der Waals surface area (Å²) in [5, 5.41) is 0.